The van der Waals surface area contributed by atoms with Crippen molar-refractivity contribution in [2.45, 2.75) is 19.9 Å². The molecule has 0 radical (unpaired) electrons. The molecule has 1 aromatic carbocycles. The number of amides is 2. The molecule has 0 aliphatic carbocycles. The fourth-order valence-corrected chi connectivity index (χ4v) is 1.97. The zero-order valence-electron chi connectivity index (χ0n) is 13.2. The van der Waals surface area contributed by atoms with Crippen molar-refractivity contribution in [3.05, 3.63) is 42.7 Å². The lowest BCUT2D eigenvalue weighted by molar-refractivity contribution is -0.125. The van der Waals surface area contributed by atoms with E-state index in [9.17, 15) is 9.59 Å². The van der Waals surface area contributed by atoms with E-state index in [1.807, 2.05) is 32.0 Å². The minimum absolute atomic E-state index is 0.0126. The van der Waals surface area contributed by atoms with Crippen molar-refractivity contribution >= 4 is 17.5 Å². The van der Waals surface area contributed by atoms with E-state index in [4.69, 9.17) is 5.73 Å². The number of hydrogen-bond donors (Lipinski definition) is 3. The molecule has 1 aromatic heterocycles. The number of nitrogens with two attached hydrogens (primary N) is 1. The van der Waals surface area contributed by atoms with E-state index in [1.165, 1.54) is 0 Å². The van der Waals surface area contributed by atoms with Gasteiger partial charge in [0.1, 0.15) is 0 Å². The number of rotatable bonds is 6. The SMILES string of the molecule is CC(C)[C@H](N)C(=O)NCC(=O)Nc1ccccc1-n1cccn1. The molecule has 1 atom stereocenters. The largest absolute Gasteiger partial charge is 0.346 e. The second-order valence-electron chi connectivity index (χ2n) is 5.50. The molecule has 23 heavy (non-hydrogen) atoms. The summed E-state index contributed by atoms with van der Waals surface area (Å²) >= 11 is 0. The van der Waals surface area contributed by atoms with Crippen molar-refractivity contribution in [2.75, 3.05) is 11.9 Å². The molecule has 1 heterocycles. The first-order valence-corrected chi connectivity index (χ1v) is 7.41. The topological polar surface area (TPSA) is 102 Å². The minimum atomic E-state index is -0.626. The smallest absolute Gasteiger partial charge is 0.243 e. The van der Waals surface area contributed by atoms with E-state index in [0.717, 1.165) is 5.69 Å². The van der Waals surface area contributed by atoms with Gasteiger partial charge < -0.3 is 16.4 Å². The Morgan fingerprint density at radius 2 is 2.00 bits per heavy atom. The molecule has 0 saturated heterocycles. The Labute approximate surface area is 134 Å². The molecule has 0 aliphatic heterocycles. The molecule has 0 fully saturated rings. The van der Waals surface area contributed by atoms with Gasteiger partial charge in [-0.05, 0) is 24.1 Å². The van der Waals surface area contributed by atoms with Gasteiger partial charge in [-0.25, -0.2) is 4.68 Å². The molecule has 0 spiro atoms. The van der Waals surface area contributed by atoms with Crippen LogP contribution in [0.1, 0.15) is 13.8 Å². The van der Waals surface area contributed by atoms with Crippen molar-refractivity contribution in [1.82, 2.24) is 15.1 Å². The summed E-state index contributed by atoms with van der Waals surface area (Å²) in [5.41, 5.74) is 7.09. The Balaban J connectivity index is 1.98. The lowest BCUT2D eigenvalue weighted by atomic mass is 10.1. The van der Waals surface area contributed by atoms with E-state index in [-0.39, 0.29) is 24.3 Å². The van der Waals surface area contributed by atoms with Crippen LogP contribution in [0, 0.1) is 5.92 Å². The van der Waals surface area contributed by atoms with Crippen molar-refractivity contribution in [3.8, 4) is 5.69 Å². The van der Waals surface area contributed by atoms with Gasteiger partial charge in [0.25, 0.3) is 0 Å². The maximum absolute atomic E-state index is 12.0. The standard InChI is InChI=1S/C16H21N5O2/c1-11(2)15(17)16(23)18-10-14(22)20-12-6-3-4-7-13(12)21-9-5-8-19-21/h3-9,11,15H,10,17H2,1-2H3,(H,18,23)(H,20,22)/t15-/m0/s1. The lowest BCUT2D eigenvalue weighted by Gasteiger charge is -2.15. The van der Waals surface area contributed by atoms with Crippen LogP contribution in [0.5, 0.6) is 0 Å². The van der Waals surface area contributed by atoms with Crippen LogP contribution in [0.2, 0.25) is 0 Å². The molecule has 7 heteroatoms. The van der Waals surface area contributed by atoms with Crippen LogP contribution < -0.4 is 16.4 Å². The summed E-state index contributed by atoms with van der Waals surface area (Å²) in [5.74, 6) is -0.650. The third-order valence-corrected chi connectivity index (χ3v) is 3.37. The molecule has 2 amide bonds. The van der Waals surface area contributed by atoms with E-state index in [2.05, 4.69) is 15.7 Å². The van der Waals surface area contributed by atoms with Crippen LogP contribution >= 0.6 is 0 Å². The van der Waals surface area contributed by atoms with Gasteiger partial charge in [-0.1, -0.05) is 26.0 Å². The van der Waals surface area contributed by atoms with Crippen molar-refractivity contribution < 1.29 is 9.59 Å². The van der Waals surface area contributed by atoms with Crippen LogP contribution in [-0.4, -0.2) is 34.2 Å². The van der Waals surface area contributed by atoms with Crippen LogP contribution in [0.25, 0.3) is 5.69 Å². The third-order valence-electron chi connectivity index (χ3n) is 3.37. The normalized spacial score (nSPS) is 12.0. The van der Waals surface area contributed by atoms with Crippen molar-refractivity contribution in [1.29, 1.82) is 0 Å². The van der Waals surface area contributed by atoms with Gasteiger partial charge in [-0.3, -0.25) is 9.59 Å². The molecule has 0 aliphatic rings. The average molecular weight is 315 g/mol. The summed E-state index contributed by atoms with van der Waals surface area (Å²) in [4.78, 5) is 23.8. The highest BCUT2D eigenvalue weighted by molar-refractivity contribution is 5.96. The maximum Gasteiger partial charge on any atom is 0.243 e. The zero-order chi connectivity index (χ0) is 16.8. The second kappa shape index (κ2) is 7.55. The number of para-hydroxylation sites is 2. The Kier molecular flexibility index (Phi) is 5.48. The molecular weight excluding hydrogens is 294 g/mol. The number of nitrogens with one attached hydrogen (secondary N) is 2. The highest BCUT2D eigenvalue weighted by atomic mass is 16.2. The number of hydrogen-bond acceptors (Lipinski definition) is 4. The number of anilines is 1. The van der Waals surface area contributed by atoms with Crippen molar-refractivity contribution in [2.24, 2.45) is 11.7 Å². The minimum Gasteiger partial charge on any atom is -0.346 e. The van der Waals surface area contributed by atoms with Crippen LogP contribution in [0.4, 0.5) is 5.69 Å². The van der Waals surface area contributed by atoms with E-state index in [0.29, 0.717) is 5.69 Å². The summed E-state index contributed by atoms with van der Waals surface area (Å²) in [6.45, 7) is 3.57. The molecule has 0 saturated carbocycles. The lowest BCUT2D eigenvalue weighted by Crippen LogP contribution is -2.46. The predicted molar refractivity (Wildman–Crippen MR) is 88.0 cm³/mol. The number of carbonyl (C=O) groups excluding carboxylic acids is 2. The fourth-order valence-electron chi connectivity index (χ4n) is 1.97. The molecule has 4 N–H and O–H groups in total. The summed E-state index contributed by atoms with van der Waals surface area (Å²) in [6, 6.07) is 8.46. The van der Waals surface area contributed by atoms with E-state index >= 15 is 0 Å². The third kappa shape index (κ3) is 4.40. The number of carbonyl (C=O) groups is 2. The zero-order valence-corrected chi connectivity index (χ0v) is 13.2. The first-order chi connectivity index (χ1) is 11.0. The van der Waals surface area contributed by atoms with Gasteiger partial charge in [0.15, 0.2) is 0 Å². The number of aromatic nitrogens is 2. The molecule has 2 rings (SSSR count). The first-order valence-electron chi connectivity index (χ1n) is 7.41. The van der Waals surface area contributed by atoms with Gasteiger partial charge in [-0.15, -0.1) is 0 Å². The van der Waals surface area contributed by atoms with Gasteiger partial charge in [0.05, 0.1) is 24.0 Å². The molecular formula is C16H21N5O2. The highest BCUT2D eigenvalue weighted by Crippen LogP contribution is 2.18. The second-order valence-corrected chi connectivity index (χ2v) is 5.50. The summed E-state index contributed by atoms with van der Waals surface area (Å²) < 4.78 is 1.66. The van der Waals surface area contributed by atoms with Gasteiger partial charge >= 0.3 is 0 Å². The molecule has 0 unspecified atom stereocenters. The Morgan fingerprint density at radius 3 is 2.65 bits per heavy atom. The number of benzene rings is 1. The molecule has 0 bridgehead atoms. The Hall–Kier alpha value is -2.67. The molecule has 7 nitrogen and oxygen atoms in total. The van der Waals surface area contributed by atoms with Crippen LogP contribution in [0.3, 0.4) is 0 Å². The summed E-state index contributed by atoms with van der Waals surface area (Å²) in [5, 5.41) is 9.46. The Bertz CT molecular complexity index is 667. The summed E-state index contributed by atoms with van der Waals surface area (Å²) in [7, 11) is 0. The van der Waals surface area contributed by atoms with E-state index < -0.39 is 6.04 Å². The highest BCUT2D eigenvalue weighted by Gasteiger charge is 2.17. The number of nitrogens with zero attached hydrogens (tertiary/aromatic N) is 2. The van der Waals surface area contributed by atoms with Gasteiger partial charge in [0, 0.05) is 12.4 Å². The maximum atomic E-state index is 12.0. The first kappa shape index (κ1) is 16.7. The Morgan fingerprint density at radius 1 is 1.26 bits per heavy atom. The van der Waals surface area contributed by atoms with Gasteiger partial charge in [0.2, 0.25) is 11.8 Å². The molecule has 2 aromatic rings. The van der Waals surface area contributed by atoms with Crippen LogP contribution in [0.15, 0.2) is 42.7 Å². The average Bonchev–Trinajstić information content (AvgIpc) is 3.06. The predicted octanol–water partition coefficient (Wildman–Crippen LogP) is 0.910. The summed E-state index contributed by atoms with van der Waals surface area (Å²) in [6.07, 6.45) is 3.44. The fraction of sp³-hybridized carbons (Fsp3) is 0.312. The van der Waals surface area contributed by atoms with Crippen LogP contribution in [-0.2, 0) is 9.59 Å². The monoisotopic (exact) mass is 315 g/mol. The van der Waals surface area contributed by atoms with Crippen molar-refractivity contribution in [3.63, 3.8) is 0 Å². The quantitative estimate of drug-likeness (QED) is 0.737. The van der Waals surface area contributed by atoms with Gasteiger partial charge in [-0.2, -0.15) is 5.10 Å². The molecule has 122 valence electrons. The van der Waals surface area contributed by atoms with E-state index in [1.54, 1.807) is 29.2 Å².